The van der Waals surface area contributed by atoms with Crippen LogP contribution in [-0.2, 0) is 9.59 Å². The van der Waals surface area contributed by atoms with Crippen molar-refractivity contribution < 1.29 is 23.8 Å². The van der Waals surface area contributed by atoms with E-state index in [0.29, 0.717) is 33.6 Å². The van der Waals surface area contributed by atoms with Crippen molar-refractivity contribution in [2.45, 2.75) is 6.92 Å². The van der Waals surface area contributed by atoms with Gasteiger partial charge in [0.15, 0.2) is 11.5 Å². The smallest absolute Gasteiger partial charge is 0.244 e. The fourth-order valence-corrected chi connectivity index (χ4v) is 2.72. The fourth-order valence-electron chi connectivity index (χ4n) is 2.55. The molecule has 8 heteroatoms. The summed E-state index contributed by atoms with van der Waals surface area (Å²) in [6.07, 6.45) is 0. The average Bonchev–Trinajstić information content (AvgIpc) is 3.07. The number of rotatable bonds is 5. The number of nitrogens with zero attached hydrogens (tertiary/aromatic N) is 1. The Kier molecular flexibility index (Phi) is 5.18. The summed E-state index contributed by atoms with van der Waals surface area (Å²) < 4.78 is 15.8. The lowest BCUT2D eigenvalue weighted by molar-refractivity contribution is -0.120. The molecule has 0 saturated carbocycles. The van der Waals surface area contributed by atoms with Crippen LogP contribution in [0, 0.1) is 0 Å². The van der Waals surface area contributed by atoms with Crippen molar-refractivity contribution in [3.8, 4) is 17.2 Å². The number of anilines is 2. The number of halogens is 1. The third-order valence-corrected chi connectivity index (χ3v) is 4.02. The Labute approximate surface area is 155 Å². The van der Waals surface area contributed by atoms with Crippen molar-refractivity contribution >= 4 is 34.8 Å². The zero-order chi connectivity index (χ0) is 18.7. The number of benzene rings is 2. The van der Waals surface area contributed by atoms with Crippen LogP contribution in [0.1, 0.15) is 6.92 Å². The lowest BCUT2D eigenvalue weighted by Gasteiger charge is -2.21. The first-order valence-electron chi connectivity index (χ1n) is 7.79. The number of amides is 2. The van der Waals surface area contributed by atoms with Crippen LogP contribution in [0.5, 0.6) is 17.2 Å². The van der Waals surface area contributed by atoms with E-state index in [-0.39, 0.29) is 19.2 Å². The summed E-state index contributed by atoms with van der Waals surface area (Å²) in [5, 5.41) is 3.17. The molecular weight excluding hydrogens is 360 g/mol. The van der Waals surface area contributed by atoms with E-state index in [4.69, 9.17) is 25.8 Å². The van der Waals surface area contributed by atoms with Crippen molar-refractivity contribution in [2.24, 2.45) is 0 Å². The maximum Gasteiger partial charge on any atom is 0.244 e. The highest BCUT2D eigenvalue weighted by Crippen LogP contribution is 2.35. The minimum absolute atomic E-state index is 0.133. The van der Waals surface area contributed by atoms with E-state index < -0.39 is 5.91 Å². The molecule has 0 spiro atoms. The Bertz CT molecular complexity index is 855. The van der Waals surface area contributed by atoms with Gasteiger partial charge in [-0.15, -0.1) is 0 Å². The second-order valence-electron chi connectivity index (χ2n) is 5.54. The molecule has 0 bridgehead atoms. The van der Waals surface area contributed by atoms with Gasteiger partial charge in [0.05, 0.1) is 12.8 Å². The van der Waals surface area contributed by atoms with Crippen LogP contribution >= 0.6 is 11.6 Å². The van der Waals surface area contributed by atoms with Gasteiger partial charge in [0.25, 0.3) is 0 Å². The summed E-state index contributed by atoms with van der Waals surface area (Å²) in [7, 11) is 1.49. The molecule has 0 unspecified atom stereocenters. The summed E-state index contributed by atoms with van der Waals surface area (Å²) >= 11 is 5.97. The number of hydrogen-bond donors (Lipinski definition) is 1. The van der Waals surface area contributed by atoms with Gasteiger partial charge in [0.2, 0.25) is 18.6 Å². The molecule has 3 rings (SSSR count). The first-order valence-corrected chi connectivity index (χ1v) is 8.17. The maximum atomic E-state index is 12.5. The molecule has 136 valence electrons. The van der Waals surface area contributed by atoms with Crippen LogP contribution in [0.2, 0.25) is 5.02 Å². The number of fused-ring (bicyclic) bond motifs is 1. The SMILES string of the molecule is COc1ccc(Cl)cc1NC(=O)CN(C(C)=O)c1ccc2c(c1)OCO2. The molecule has 1 aliphatic rings. The molecule has 2 aromatic rings. The largest absolute Gasteiger partial charge is 0.495 e. The molecule has 0 saturated heterocycles. The highest BCUT2D eigenvalue weighted by Gasteiger charge is 2.21. The molecule has 0 aliphatic carbocycles. The van der Waals surface area contributed by atoms with Crippen LogP contribution in [0.15, 0.2) is 36.4 Å². The molecule has 7 nitrogen and oxygen atoms in total. The quantitative estimate of drug-likeness (QED) is 0.867. The summed E-state index contributed by atoms with van der Waals surface area (Å²) in [6.45, 7) is 1.34. The minimum Gasteiger partial charge on any atom is -0.495 e. The first kappa shape index (κ1) is 17.9. The highest BCUT2D eigenvalue weighted by molar-refractivity contribution is 6.31. The molecule has 2 aromatic carbocycles. The van der Waals surface area contributed by atoms with E-state index in [0.717, 1.165) is 0 Å². The van der Waals surface area contributed by atoms with E-state index in [2.05, 4.69) is 5.32 Å². The number of nitrogens with one attached hydrogen (secondary N) is 1. The van der Waals surface area contributed by atoms with Gasteiger partial charge in [-0.05, 0) is 30.3 Å². The van der Waals surface area contributed by atoms with Gasteiger partial charge in [0.1, 0.15) is 12.3 Å². The predicted molar refractivity (Wildman–Crippen MR) is 97.2 cm³/mol. The maximum absolute atomic E-state index is 12.5. The van der Waals surface area contributed by atoms with E-state index in [9.17, 15) is 9.59 Å². The number of carbonyl (C=O) groups is 2. The van der Waals surface area contributed by atoms with Crippen molar-refractivity contribution in [1.82, 2.24) is 0 Å². The van der Waals surface area contributed by atoms with Crippen molar-refractivity contribution in [3.63, 3.8) is 0 Å². The standard InChI is InChI=1S/C18H17ClN2O5/c1-11(22)21(13-4-6-16-17(8-13)26-10-25-16)9-18(23)20-14-7-12(19)3-5-15(14)24-2/h3-8H,9-10H2,1-2H3,(H,20,23). The van der Waals surface area contributed by atoms with Gasteiger partial charge in [-0.25, -0.2) is 0 Å². The topological polar surface area (TPSA) is 77.1 Å². The Morgan fingerprint density at radius 3 is 2.69 bits per heavy atom. The Morgan fingerprint density at radius 2 is 1.96 bits per heavy atom. The Morgan fingerprint density at radius 1 is 1.19 bits per heavy atom. The van der Waals surface area contributed by atoms with Gasteiger partial charge in [0, 0.05) is 23.7 Å². The zero-order valence-electron chi connectivity index (χ0n) is 14.2. The second-order valence-corrected chi connectivity index (χ2v) is 5.97. The van der Waals surface area contributed by atoms with E-state index in [1.54, 1.807) is 36.4 Å². The molecule has 0 fully saturated rings. The molecule has 0 aromatic heterocycles. The lowest BCUT2D eigenvalue weighted by Crippen LogP contribution is -2.36. The number of hydrogen-bond acceptors (Lipinski definition) is 5. The van der Waals surface area contributed by atoms with Crippen LogP contribution in [-0.4, -0.2) is 32.3 Å². The summed E-state index contributed by atoms with van der Waals surface area (Å²) in [6, 6.07) is 9.95. The lowest BCUT2D eigenvalue weighted by atomic mass is 10.2. The van der Waals surface area contributed by atoms with Gasteiger partial charge >= 0.3 is 0 Å². The molecular formula is C18H17ClN2O5. The number of methoxy groups -OCH3 is 1. The van der Waals surface area contributed by atoms with Gasteiger partial charge in [-0.2, -0.15) is 0 Å². The summed E-state index contributed by atoms with van der Waals surface area (Å²) in [4.78, 5) is 25.8. The summed E-state index contributed by atoms with van der Waals surface area (Å²) in [5.74, 6) is 0.937. The first-order chi connectivity index (χ1) is 12.5. The van der Waals surface area contributed by atoms with Crippen molar-refractivity contribution in [1.29, 1.82) is 0 Å². The average molecular weight is 377 g/mol. The zero-order valence-corrected chi connectivity index (χ0v) is 15.0. The van der Waals surface area contributed by atoms with Crippen LogP contribution in [0.25, 0.3) is 0 Å². The van der Waals surface area contributed by atoms with Crippen LogP contribution < -0.4 is 24.4 Å². The number of ether oxygens (including phenoxy) is 3. The Hall–Kier alpha value is -2.93. The highest BCUT2D eigenvalue weighted by atomic mass is 35.5. The van der Waals surface area contributed by atoms with Gasteiger partial charge < -0.3 is 24.4 Å². The second kappa shape index (κ2) is 7.53. The van der Waals surface area contributed by atoms with Gasteiger partial charge in [-0.1, -0.05) is 11.6 Å². The molecule has 0 atom stereocenters. The molecule has 1 aliphatic heterocycles. The fraction of sp³-hybridized carbons (Fsp3) is 0.222. The van der Waals surface area contributed by atoms with Crippen LogP contribution in [0.4, 0.5) is 11.4 Å². The molecule has 0 radical (unpaired) electrons. The van der Waals surface area contributed by atoms with E-state index >= 15 is 0 Å². The Balaban J connectivity index is 1.77. The van der Waals surface area contributed by atoms with E-state index in [1.165, 1.54) is 18.9 Å². The molecule has 26 heavy (non-hydrogen) atoms. The molecule has 1 N–H and O–H groups in total. The van der Waals surface area contributed by atoms with Crippen molar-refractivity contribution in [2.75, 3.05) is 30.7 Å². The van der Waals surface area contributed by atoms with Crippen molar-refractivity contribution in [3.05, 3.63) is 41.4 Å². The predicted octanol–water partition coefficient (Wildman–Crippen LogP) is 3.07. The third kappa shape index (κ3) is 3.83. The summed E-state index contributed by atoms with van der Waals surface area (Å²) in [5.41, 5.74) is 0.967. The molecule has 2 amide bonds. The minimum atomic E-state index is -0.390. The number of carbonyl (C=O) groups excluding carboxylic acids is 2. The molecule has 1 heterocycles. The van der Waals surface area contributed by atoms with E-state index in [1.807, 2.05) is 0 Å². The van der Waals surface area contributed by atoms with Crippen LogP contribution in [0.3, 0.4) is 0 Å². The monoisotopic (exact) mass is 376 g/mol. The van der Waals surface area contributed by atoms with Gasteiger partial charge in [-0.3, -0.25) is 9.59 Å². The third-order valence-electron chi connectivity index (χ3n) is 3.79. The normalized spacial score (nSPS) is 11.8.